The standard InChI is InChI=1S/C9H18N2O4S/c1-3-15-8-9(12)10-4-6-11(7-5-10)16(2,13)14/h3-8H2,1-2H3. The summed E-state index contributed by atoms with van der Waals surface area (Å²) in [7, 11) is -3.13. The molecule has 16 heavy (non-hydrogen) atoms. The number of nitrogens with zero attached hydrogens (tertiary/aromatic N) is 2. The minimum absolute atomic E-state index is 0.0741. The lowest BCUT2D eigenvalue weighted by Gasteiger charge is -2.33. The van der Waals surface area contributed by atoms with Gasteiger partial charge >= 0.3 is 0 Å². The molecule has 0 aromatic rings. The van der Waals surface area contributed by atoms with E-state index < -0.39 is 10.0 Å². The van der Waals surface area contributed by atoms with Gasteiger partial charge in [0.1, 0.15) is 6.61 Å². The average Bonchev–Trinajstić information content (AvgIpc) is 2.25. The predicted molar refractivity (Wildman–Crippen MR) is 59.5 cm³/mol. The van der Waals surface area contributed by atoms with Crippen molar-refractivity contribution in [3.63, 3.8) is 0 Å². The highest BCUT2D eigenvalue weighted by atomic mass is 32.2. The average molecular weight is 250 g/mol. The van der Waals surface area contributed by atoms with E-state index >= 15 is 0 Å². The van der Waals surface area contributed by atoms with Crippen molar-refractivity contribution in [2.45, 2.75) is 6.92 Å². The van der Waals surface area contributed by atoms with Gasteiger partial charge in [0, 0.05) is 32.8 Å². The molecule has 0 unspecified atom stereocenters. The van der Waals surface area contributed by atoms with E-state index in [2.05, 4.69) is 0 Å². The van der Waals surface area contributed by atoms with Crippen LogP contribution in [0.3, 0.4) is 0 Å². The fourth-order valence-corrected chi connectivity index (χ4v) is 2.38. The molecule has 7 heteroatoms. The second-order valence-corrected chi connectivity index (χ2v) is 5.66. The third kappa shape index (κ3) is 3.73. The maximum absolute atomic E-state index is 11.5. The molecule has 0 atom stereocenters. The Morgan fingerprint density at radius 3 is 2.25 bits per heavy atom. The van der Waals surface area contributed by atoms with Gasteiger partial charge in [-0.05, 0) is 6.92 Å². The van der Waals surface area contributed by atoms with Gasteiger partial charge < -0.3 is 9.64 Å². The summed E-state index contributed by atoms with van der Waals surface area (Å²) in [6, 6.07) is 0. The van der Waals surface area contributed by atoms with E-state index in [0.717, 1.165) is 0 Å². The van der Waals surface area contributed by atoms with Crippen molar-refractivity contribution >= 4 is 15.9 Å². The molecule has 1 rings (SSSR count). The fourth-order valence-electron chi connectivity index (χ4n) is 1.55. The zero-order valence-electron chi connectivity index (χ0n) is 9.68. The molecular weight excluding hydrogens is 232 g/mol. The molecule has 0 aromatic carbocycles. The topological polar surface area (TPSA) is 66.9 Å². The van der Waals surface area contributed by atoms with E-state index in [1.54, 1.807) is 4.90 Å². The van der Waals surface area contributed by atoms with E-state index in [1.165, 1.54) is 10.6 Å². The van der Waals surface area contributed by atoms with Gasteiger partial charge in [-0.2, -0.15) is 4.31 Å². The molecule has 1 fully saturated rings. The summed E-state index contributed by atoms with van der Waals surface area (Å²) in [5, 5.41) is 0. The molecule has 1 heterocycles. The quantitative estimate of drug-likeness (QED) is 0.650. The molecule has 1 aliphatic rings. The number of ether oxygens (including phenoxy) is 1. The Bertz CT molecular complexity index is 333. The maximum atomic E-state index is 11.5. The molecule has 0 N–H and O–H groups in total. The van der Waals surface area contributed by atoms with Crippen LogP contribution in [-0.4, -0.2) is 69.2 Å². The Labute approximate surface area is 96.2 Å². The minimum atomic E-state index is -3.13. The third-order valence-corrected chi connectivity index (χ3v) is 3.79. The van der Waals surface area contributed by atoms with Gasteiger partial charge in [0.2, 0.25) is 15.9 Å². The van der Waals surface area contributed by atoms with Crippen LogP contribution in [-0.2, 0) is 19.6 Å². The number of sulfonamides is 1. The molecular formula is C9H18N2O4S. The molecule has 1 saturated heterocycles. The Morgan fingerprint density at radius 1 is 1.25 bits per heavy atom. The summed E-state index contributed by atoms with van der Waals surface area (Å²) in [5.74, 6) is -0.0741. The Hall–Kier alpha value is -0.660. The highest BCUT2D eigenvalue weighted by Crippen LogP contribution is 2.06. The number of rotatable bonds is 4. The van der Waals surface area contributed by atoms with Crippen LogP contribution in [0.2, 0.25) is 0 Å². The summed E-state index contributed by atoms with van der Waals surface area (Å²) in [6.45, 7) is 4.05. The molecule has 1 amide bonds. The molecule has 0 spiro atoms. The van der Waals surface area contributed by atoms with Crippen LogP contribution in [0, 0.1) is 0 Å². The van der Waals surface area contributed by atoms with Gasteiger partial charge in [0.25, 0.3) is 0 Å². The van der Waals surface area contributed by atoms with Gasteiger partial charge in [-0.1, -0.05) is 0 Å². The molecule has 6 nitrogen and oxygen atoms in total. The summed E-state index contributed by atoms with van der Waals surface area (Å²) >= 11 is 0. The molecule has 0 aromatic heterocycles. The van der Waals surface area contributed by atoms with Crippen LogP contribution in [0.4, 0.5) is 0 Å². The molecule has 0 aliphatic carbocycles. The van der Waals surface area contributed by atoms with Gasteiger partial charge in [0.15, 0.2) is 0 Å². The summed E-state index contributed by atoms with van der Waals surface area (Å²) in [4.78, 5) is 13.2. The van der Waals surface area contributed by atoms with Crippen LogP contribution >= 0.6 is 0 Å². The smallest absolute Gasteiger partial charge is 0.248 e. The first kappa shape index (κ1) is 13.4. The number of piperazine rings is 1. The van der Waals surface area contributed by atoms with Crippen molar-refractivity contribution in [2.24, 2.45) is 0 Å². The van der Waals surface area contributed by atoms with Gasteiger partial charge in [-0.3, -0.25) is 4.79 Å². The van der Waals surface area contributed by atoms with Crippen molar-refractivity contribution < 1.29 is 17.9 Å². The first-order chi connectivity index (χ1) is 7.45. The fraction of sp³-hybridized carbons (Fsp3) is 0.889. The highest BCUT2D eigenvalue weighted by molar-refractivity contribution is 7.88. The van der Waals surface area contributed by atoms with Crippen molar-refractivity contribution in [2.75, 3.05) is 45.6 Å². The van der Waals surface area contributed by atoms with Crippen molar-refractivity contribution in [3.8, 4) is 0 Å². The number of carbonyl (C=O) groups is 1. The monoisotopic (exact) mass is 250 g/mol. The van der Waals surface area contributed by atoms with E-state index in [0.29, 0.717) is 32.8 Å². The Morgan fingerprint density at radius 2 is 1.81 bits per heavy atom. The highest BCUT2D eigenvalue weighted by Gasteiger charge is 2.25. The van der Waals surface area contributed by atoms with Crippen LogP contribution in [0.5, 0.6) is 0 Å². The van der Waals surface area contributed by atoms with Gasteiger partial charge in [-0.15, -0.1) is 0 Å². The molecule has 94 valence electrons. The van der Waals surface area contributed by atoms with Crippen LogP contribution in [0.1, 0.15) is 6.92 Å². The first-order valence-corrected chi connectivity index (χ1v) is 7.10. The lowest BCUT2D eigenvalue weighted by molar-refractivity contribution is -0.137. The predicted octanol–water partition coefficient (Wildman–Crippen LogP) is -0.873. The molecule has 0 radical (unpaired) electrons. The number of hydrogen-bond acceptors (Lipinski definition) is 4. The lowest BCUT2D eigenvalue weighted by atomic mass is 10.3. The SMILES string of the molecule is CCOCC(=O)N1CCN(S(C)(=O)=O)CC1. The number of carbonyl (C=O) groups excluding carboxylic acids is 1. The molecule has 0 bridgehead atoms. The zero-order valence-corrected chi connectivity index (χ0v) is 10.5. The number of amides is 1. The summed E-state index contributed by atoms with van der Waals surface area (Å²) < 4.78 is 28.9. The second kappa shape index (κ2) is 5.60. The van der Waals surface area contributed by atoms with Crippen molar-refractivity contribution in [1.29, 1.82) is 0 Å². The Balaban J connectivity index is 2.40. The first-order valence-electron chi connectivity index (χ1n) is 5.25. The number of hydrogen-bond donors (Lipinski definition) is 0. The van der Waals surface area contributed by atoms with E-state index in [4.69, 9.17) is 4.74 Å². The Kier molecular flexibility index (Phi) is 4.69. The minimum Gasteiger partial charge on any atom is -0.372 e. The van der Waals surface area contributed by atoms with Crippen molar-refractivity contribution in [1.82, 2.24) is 9.21 Å². The maximum Gasteiger partial charge on any atom is 0.248 e. The zero-order chi connectivity index (χ0) is 12.2. The summed E-state index contributed by atoms with van der Waals surface area (Å²) in [6.07, 6.45) is 1.19. The lowest BCUT2D eigenvalue weighted by Crippen LogP contribution is -2.51. The van der Waals surface area contributed by atoms with Crippen LogP contribution < -0.4 is 0 Å². The van der Waals surface area contributed by atoms with Gasteiger partial charge in [-0.25, -0.2) is 8.42 Å². The van der Waals surface area contributed by atoms with E-state index in [1.807, 2.05) is 6.92 Å². The molecule has 0 saturated carbocycles. The largest absolute Gasteiger partial charge is 0.372 e. The molecule has 1 aliphatic heterocycles. The third-order valence-electron chi connectivity index (χ3n) is 2.49. The van der Waals surface area contributed by atoms with Crippen molar-refractivity contribution in [3.05, 3.63) is 0 Å². The van der Waals surface area contributed by atoms with Crippen LogP contribution in [0.15, 0.2) is 0 Å². The second-order valence-electron chi connectivity index (χ2n) is 3.68. The van der Waals surface area contributed by atoms with Gasteiger partial charge in [0.05, 0.1) is 6.26 Å². The normalized spacial score (nSPS) is 18.8. The van der Waals surface area contributed by atoms with E-state index in [9.17, 15) is 13.2 Å². The summed E-state index contributed by atoms with van der Waals surface area (Å²) in [5.41, 5.74) is 0. The van der Waals surface area contributed by atoms with Crippen LogP contribution in [0.25, 0.3) is 0 Å². The van der Waals surface area contributed by atoms with E-state index in [-0.39, 0.29) is 12.5 Å².